The average molecular weight is 380 g/mol. The molecule has 1 aromatic heterocycles. The van der Waals surface area contributed by atoms with E-state index in [1.54, 1.807) is 36.4 Å². The molecule has 0 spiro atoms. The second-order valence-electron chi connectivity index (χ2n) is 5.22. The van der Waals surface area contributed by atoms with Crippen LogP contribution in [-0.2, 0) is 16.4 Å². The highest BCUT2D eigenvalue weighted by molar-refractivity contribution is 7.93. The van der Waals surface area contributed by atoms with Crippen LogP contribution in [0.3, 0.4) is 0 Å². The van der Waals surface area contributed by atoms with Crippen molar-refractivity contribution in [2.24, 2.45) is 0 Å². The molecule has 24 heavy (non-hydrogen) atoms. The zero-order valence-electron chi connectivity index (χ0n) is 12.7. The Kier molecular flexibility index (Phi) is 4.84. The number of anilines is 1. The Morgan fingerprint density at radius 3 is 2.38 bits per heavy atom. The third-order valence-electron chi connectivity index (χ3n) is 3.29. The summed E-state index contributed by atoms with van der Waals surface area (Å²) in [5.74, 6) is 0. The van der Waals surface area contributed by atoms with Crippen LogP contribution in [0.2, 0.25) is 5.02 Å². The van der Waals surface area contributed by atoms with Crippen molar-refractivity contribution in [3.63, 3.8) is 0 Å². The van der Waals surface area contributed by atoms with Crippen molar-refractivity contribution < 1.29 is 8.42 Å². The summed E-state index contributed by atoms with van der Waals surface area (Å²) in [4.78, 5) is 0.197. The van der Waals surface area contributed by atoms with Gasteiger partial charge in [-0.25, -0.2) is 8.42 Å². The third kappa shape index (κ3) is 4.11. The summed E-state index contributed by atoms with van der Waals surface area (Å²) < 4.78 is 27.1. The molecule has 8 heteroatoms. The molecule has 0 aliphatic heterocycles. The fourth-order valence-corrected chi connectivity index (χ4v) is 4.16. The lowest BCUT2D eigenvalue weighted by atomic mass is 10.2. The Bertz CT molecular complexity index is 936. The maximum Gasteiger partial charge on any atom is 0.263 e. The predicted octanol–water partition coefficient (Wildman–Crippen LogP) is 3.89. The highest BCUT2D eigenvalue weighted by atomic mass is 35.5. The van der Waals surface area contributed by atoms with E-state index in [1.165, 1.54) is 11.3 Å². The molecule has 1 N–H and O–H groups in total. The molecule has 3 aromatic rings. The second-order valence-corrected chi connectivity index (χ2v) is 8.40. The van der Waals surface area contributed by atoms with E-state index >= 15 is 0 Å². The van der Waals surface area contributed by atoms with E-state index in [-0.39, 0.29) is 10.0 Å². The van der Waals surface area contributed by atoms with Gasteiger partial charge in [0.05, 0.1) is 4.90 Å². The summed E-state index contributed by atoms with van der Waals surface area (Å²) in [5.41, 5.74) is 2.03. The number of halogens is 1. The first kappa shape index (κ1) is 16.9. The van der Waals surface area contributed by atoms with Crippen molar-refractivity contribution in [1.29, 1.82) is 0 Å². The summed E-state index contributed by atoms with van der Waals surface area (Å²) in [6, 6.07) is 14.0. The number of rotatable bonds is 5. The number of benzene rings is 2. The molecule has 0 atom stereocenters. The molecule has 0 aliphatic carbocycles. The number of nitrogens with zero attached hydrogens (tertiary/aromatic N) is 2. The molecular formula is C16H14ClN3O2S2. The van der Waals surface area contributed by atoms with Gasteiger partial charge in [0.15, 0.2) is 0 Å². The number of sulfonamides is 1. The van der Waals surface area contributed by atoms with Crippen LogP contribution < -0.4 is 4.72 Å². The Morgan fingerprint density at radius 2 is 1.71 bits per heavy atom. The standard InChI is InChI=1S/C16H14ClN3O2S2/c1-11-2-8-14(9-3-11)24(21,22)20-16-19-18-15(23-16)10-12-4-6-13(17)7-5-12/h2-9H,10H2,1H3,(H,19,20). The fraction of sp³-hybridized carbons (Fsp3) is 0.125. The third-order valence-corrected chi connectivity index (χ3v) is 5.86. The molecule has 124 valence electrons. The van der Waals surface area contributed by atoms with Crippen LogP contribution in [0.25, 0.3) is 0 Å². The highest BCUT2D eigenvalue weighted by Gasteiger charge is 2.16. The zero-order chi connectivity index (χ0) is 17.2. The summed E-state index contributed by atoms with van der Waals surface area (Å²) >= 11 is 7.07. The molecule has 0 aliphatic rings. The lowest BCUT2D eigenvalue weighted by Gasteiger charge is -2.04. The minimum absolute atomic E-state index is 0.197. The first-order valence-electron chi connectivity index (χ1n) is 7.09. The topological polar surface area (TPSA) is 72.0 Å². The van der Waals surface area contributed by atoms with Crippen molar-refractivity contribution in [2.75, 3.05) is 4.72 Å². The van der Waals surface area contributed by atoms with Crippen molar-refractivity contribution in [1.82, 2.24) is 10.2 Å². The first-order chi connectivity index (χ1) is 11.4. The van der Waals surface area contributed by atoms with Gasteiger partial charge < -0.3 is 0 Å². The summed E-state index contributed by atoms with van der Waals surface area (Å²) in [6.07, 6.45) is 0.571. The molecule has 5 nitrogen and oxygen atoms in total. The van der Waals surface area contributed by atoms with E-state index in [9.17, 15) is 8.42 Å². The quantitative estimate of drug-likeness (QED) is 0.729. The molecule has 0 bridgehead atoms. The molecule has 0 unspecified atom stereocenters. The largest absolute Gasteiger partial charge is 0.263 e. The Labute approximate surface area is 149 Å². The summed E-state index contributed by atoms with van der Waals surface area (Å²) in [6.45, 7) is 1.90. The predicted molar refractivity (Wildman–Crippen MR) is 96.2 cm³/mol. The molecule has 2 aromatic carbocycles. The van der Waals surface area contributed by atoms with Crippen molar-refractivity contribution in [3.05, 3.63) is 69.7 Å². The maximum absolute atomic E-state index is 12.3. The monoisotopic (exact) mass is 379 g/mol. The summed E-state index contributed by atoms with van der Waals surface area (Å²) in [5, 5.41) is 9.58. The van der Waals surface area contributed by atoms with Gasteiger partial charge in [-0.1, -0.05) is 52.8 Å². The molecule has 0 radical (unpaired) electrons. The van der Waals surface area contributed by atoms with Crippen molar-refractivity contribution in [3.8, 4) is 0 Å². The molecule has 0 fully saturated rings. The SMILES string of the molecule is Cc1ccc(S(=O)(=O)Nc2nnc(Cc3ccc(Cl)cc3)s2)cc1. The number of nitrogens with one attached hydrogen (secondary N) is 1. The van der Waals surface area contributed by atoms with E-state index in [1.807, 2.05) is 19.1 Å². The Morgan fingerprint density at radius 1 is 1.04 bits per heavy atom. The fourth-order valence-electron chi connectivity index (χ4n) is 2.03. The summed E-state index contributed by atoms with van der Waals surface area (Å²) in [7, 11) is -3.65. The number of hydrogen-bond acceptors (Lipinski definition) is 5. The minimum Gasteiger partial charge on any atom is -0.253 e. The number of aryl methyl sites for hydroxylation is 1. The highest BCUT2D eigenvalue weighted by Crippen LogP contribution is 2.22. The van der Waals surface area contributed by atoms with Gasteiger partial charge in [-0.05, 0) is 36.8 Å². The molecule has 0 saturated carbocycles. The Balaban J connectivity index is 1.73. The normalized spacial score (nSPS) is 11.4. The van der Waals surface area contributed by atoms with Crippen LogP contribution in [-0.4, -0.2) is 18.6 Å². The molecule has 1 heterocycles. The van der Waals surface area contributed by atoms with Gasteiger partial charge in [0, 0.05) is 11.4 Å². The van der Waals surface area contributed by atoms with E-state index in [2.05, 4.69) is 14.9 Å². The van der Waals surface area contributed by atoms with Crippen LogP contribution in [0.15, 0.2) is 53.4 Å². The molecular weight excluding hydrogens is 366 g/mol. The van der Waals surface area contributed by atoms with E-state index in [4.69, 9.17) is 11.6 Å². The smallest absolute Gasteiger partial charge is 0.253 e. The second kappa shape index (κ2) is 6.88. The van der Waals surface area contributed by atoms with Crippen LogP contribution >= 0.6 is 22.9 Å². The lowest BCUT2D eigenvalue weighted by molar-refractivity contribution is 0.601. The molecule has 0 amide bonds. The van der Waals surface area contributed by atoms with Crippen LogP contribution in [0.4, 0.5) is 5.13 Å². The van der Waals surface area contributed by atoms with Gasteiger partial charge in [0.25, 0.3) is 10.0 Å². The van der Waals surface area contributed by atoms with Crippen LogP contribution in [0, 0.1) is 6.92 Å². The van der Waals surface area contributed by atoms with Crippen LogP contribution in [0.5, 0.6) is 0 Å². The lowest BCUT2D eigenvalue weighted by Crippen LogP contribution is -2.12. The van der Waals surface area contributed by atoms with Gasteiger partial charge in [-0.15, -0.1) is 10.2 Å². The van der Waals surface area contributed by atoms with Crippen LogP contribution in [0.1, 0.15) is 16.1 Å². The van der Waals surface area contributed by atoms with Crippen molar-refractivity contribution >= 4 is 38.1 Å². The van der Waals surface area contributed by atoms with Gasteiger partial charge in [-0.3, -0.25) is 4.72 Å². The zero-order valence-corrected chi connectivity index (χ0v) is 15.1. The van der Waals surface area contributed by atoms with E-state index in [0.717, 1.165) is 16.1 Å². The van der Waals surface area contributed by atoms with E-state index < -0.39 is 10.0 Å². The Hall–Kier alpha value is -1.96. The molecule has 0 saturated heterocycles. The van der Waals surface area contributed by atoms with E-state index in [0.29, 0.717) is 11.4 Å². The number of hydrogen-bond donors (Lipinski definition) is 1. The minimum atomic E-state index is -3.65. The molecule has 3 rings (SSSR count). The van der Waals surface area contributed by atoms with Gasteiger partial charge in [-0.2, -0.15) is 0 Å². The van der Waals surface area contributed by atoms with Gasteiger partial charge in [0.2, 0.25) is 5.13 Å². The van der Waals surface area contributed by atoms with Gasteiger partial charge in [0.1, 0.15) is 5.01 Å². The van der Waals surface area contributed by atoms with Gasteiger partial charge >= 0.3 is 0 Å². The first-order valence-corrected chi connectivity index (χ1v) is 9.76. The average Bonchev–Trinajstić information content (AvgIpc) is 2.96. The maximum atomic E-state index is 12.3. The van der Waals surface area contributed by atoms with Crippen molar-refractivity contribution in [2.45, 2.75) is 18.2 Å². The number of aromatic nitrogens is 2.